The Bertz CT molecular complexity index is 999. The number of rotatable bonds is 4. The predicted octanol–water partition coefficient (Wildman–Crippen LogP) is 3.85. The standard InChI is InChI=1S/C24H27ClN2O6/c25-23-18-14-17(26-33-16-21(30)27-11-7-5-8-12-27)10-6-3-1-2-4-9-13-32-24(31)22(18)19(28)15-20(23)29/h2,4-7,10,14-15,26,28-29H,1,3,8-9,11-13,16H2/b4-2?,10-6+,17-14-. The molecule has 2 aliphatic rings. The number of benzene rings is 1. The molecule has 9 heteroatoms. The van der Waals surface area contributed by atoms with Crippen molar-refractivity contribution < 1.29 is 29.4 Å². The lowest BCUT2D eigenvalue weighted by molar-refractivity contribution is -0.137. The van der Waals surface area contributed by atoms with E-state index in [-0.39, 0.29) is 35.3 Å². The summed E-state index contributed by atoms with van der Waals surface area (Å²) in [5.41, 5.74) is 2.96. The van der Waals surface area contributed by atoms with E-state index in [1.54, 1.807) is 11.0 Å². The third-order valence-corrected chi connectivity index (χ3v) is 5.44. The third kappa shape index (κ3) is 6.87. The highest BCUT2D eigenvalue weighted by Crippen LogP contribution is 2.38. The number of carbonyl (C=O) groups excluding carboxylic acids is 2. The van der Waals surface area contributed by atoms with Crippen molar-refractivity contribution in [3.63, 3.8) is 0 Å². The highest BCUT2D eigenvalue weighted by Gasteiger charge is 2.23. The van der Waals surface area contributed by atoms with Crippen molar-refractivity contribution in [3.8, 4) is 11.5 Å². The summed E-state index contributed by atoms with van der Waals surface area (Å²) in [7, 11) is 0. The van der Waals surface area contributed by atoms with Crippen LogP contribution in [0.3, 0.4) is 0 Å². The number of amides is 1. The highest BCUT2D eigenvalue weighted by molar-refractivity contribution is 6.34. The number of allylic oxidation sites excluding steroid dienone is 3. The van der Waals surface area contributed by atoms with Crippen molar-refractivity contribution in [2.45, 2.75) is 25.7 Å². The van der Waals surface area contributed by atoms with E-state index < -0.39 is 17.5 Å². The SMILES string of the molecule is O=C1OCCC=CCC/C=C/C(NOCC(=O)N2CC=CCC2)=C/c2c(Cl)c(O)cc(O)c21. The first-order valence-corrected chi connectivity index (χ1v) is 11.1. The smallest absolute Gasteiger partial charge is 0.342 e. The number of cyclic esters (lactones) is 1. The molecule has 0 saturated heterocycles. The van der Waals surface area contributed by atoms with Gasteiger partial charge in [-0.25, -0.2) is 4.79 Å². The maximum atomic E-state index is 12.6. The number of phenols is 2. The molecular weight excluding hydrogens is 448 g/mol. The van der Waals surface area contributed by atoms with Crippen molar-refractivity contribution in [2.75, 3.05) is 26.3 Å². The summed E-state index contributed by atoms with van der Waals surface area (Å²) in [6.07, 6.45) is 15.8. The number of nitrogens with one attached hydrogen (secondary N) is 1. The number of halogens is 1. The molecule has 0 radical (unpaired) electrons. The van der Waals surface area contributed by atoms with Gasteiger partial charge in [-0.1, -0.05) is 42.0 Å². The highest BCUT2D eigenvalue weighted by atomic mass is 35.5. The number of hydrogen-bond donors (Lipinski definition) is 3. The van der Waals surface area contributed by atoms with Crippen LogP contribution in [0.25, 0.3) is 6.08 Å². The fraction of sp³-hybridized carbons (Fsp3) is 0.333. The van der Waals surface area contributed by atoms with Crippen LogP contribution in [-0.4, -0.2) is 53.3 Å². The molecule has 0 aromatic heterocycles. The fourth-order valence-corrected chi connectivity index (χ4v) is 3.54. The van der Waals surface area contributed by atoms with E-state index in [1.807, 2.05) is 30.4 Å². The zero-order chi connectivity index (χ0) is 23.6. The Morgan fingerprint density at radius 2 is 1.85 bits per heavy atom. The number of aromatic hydroxyl groups is 2. The molecule has 2 aliphatic heterocycles. The van der Waals surface area contributed by atoms with Crippen LogP contribution in [0.4, 0.5) is 0 Å². The van der Waals surface area contributed by atoms with Crippen molar-refractivity contribution >= 4 is 29.6 Å². The first-order valence-electron chi connectivity index (χ1n) is 10.7. The Morgan fingerprint density at radius 1 is 1.09 bits per heavy atom. The van der Waals surface area contributed by atoms with Crippen molar-refractivity contribution in [3.05, 3.63) is 64.4 Å². The molecule has 0 bridgehead atoms. The summed E-state index contributed by atoms with van der Waals surface area (Å²) in [4.78, 5) is 32.1. The summed E-state index contributed by atoms with van der Waals surface area (Å²) < 4.78 is 5.26. The van der Waals surface area contributed by atoms with Gasteiger partial charge in [-0.05, 0) is 37.8 Å². The zero-order valence-corrected chi connectivity index (χ0v) is 18.9. The lowest BCUT2D eigenvalue weighted by Gasteiger charge is -2.23. The molecule has 176 valence electrons. The van der Waals surface area contributed by atoms with Gasteiger partial charge < -0.3 is 19.8 Å². The van der Waals surface area contributed by atoms with E-state index in [9.17, 15) is 19.8 Å². The van der Waals surface area contributed by atoms with E-state index in [4.69, 9.17) is 21.2 Å². The van der Waals surface area contributed by atoms with Gasteiger partial charge in [0.05, 0.1) is 17.3 Å². The Labute approximate surface area is 197 Å². The predicted molar refractivity (Wildman–Crippen MR) is 125 cm³/mol. The summed E-state index contributed by atoms with van der Waals surface area (Å²) in [5.74, 6) is -1.80. The van der Waals surface area contributed by atoms with Gasteiger partial charge in [0.2, 0.25) is 0 Å². The van der Waals surface area contributed by atoms with Gasteiger partial charge in [0.15, 0.2) is 6.61 Å². The summed E-state index contributed by atoms with van der Waals surface area (Å²) in [5, 5.41) is 20.3. The number of phenolic OH excluding ortho intramolecular Hbond substituents is 2. The molecule has 0 spiro atoms. The van der Waals surface area contributed by atoms with E-state index in [0.717, 1.165) is 25.3 Å². The molecule has 0 fully saturated rings. The average molecular weight is 475 g/mol. The minimum atomic E-state index is -0.774. The number of nitrogens with zero attached hydrogens (tertiary/aromatic N) is 1. The molecule has 2 heterocycles. The fourth-order valence-electron chi connectivity index (χ4n) is 3.34. The van der Waals surface area contributed by atoms with Crippen LogP contribution in [0.15, 0.2) is 48.2 Å². The van der Waals surface area contributed by atoms with Crippen molar-refractivity contribution in [1.82, 2.24) is 10.4 Å². The van der Waals surface area contributed by atoms with Gasteiger partial charge in [0, 0.05) is 24.7 Å². The molecule has 1 aromatic carbocycles. The molecule has 0 saturated carbocycles. The monoisotopic (exact) mass is 474 g/mol. The Kier molecular flexibility index (Phi) is 8.97. The average Bonchev–Trinajstić information content (AvgIpc) is 2.80. The minimum Gasteiger partial charge on any atom is -0.507 e. The molecule has 0 aliphatic carbocycles. The molecule has 0 unspecified atom stereocenters. The Balaban J connectivity index is 1.87. The van der Waals surface area contributed by atoms with Crippen LogP contribution in [0, 0.1) is 0 Å². The molecular formula is C24H27ClN2O6. The molecule has 1 aromatic rings. The van der Waals surface area contributed by atoms with Crippen LogP contribution >= 0.6 is 11.6 Å². The maximum Gasteiger partial charge on any atom is 0.342 e. The first-order chi connectivity index (χ1) is 16.0. The number of hydroxylamine groups is 1. The molecule has 1 amide bonds. The largest absolute Gasteiger partial charge is 0.507 e. The molecule has 3 N–H and O–H groups in total. The lowest BCUT2D eigenvalue weighted by Crippen LogP contribution is -2.37. The molecule has 3 rings (SSSR count). The van der Waals surface area contributed by atoms with Crippen LogP contribution in [-0.2, 0) is 14.4 Å². The van der Waals surface area contributed by atoms with Gasteiger partial charge in [-0.2, -0.15) is 0 Å². The van der Waals surface area contributed by atoms with E-state index in [0.29, 0.717) is 25.2 Å². The van der Waals surface area contributed by atoms with Crippen molar-refractivity contribution in [2.24, 2.45) is 0 Å². The Morgan fingerprint density at radius 3 is 2.64 bits per heavy atom. The molecule has 33 heavy (non-hydrogen) atoms. The van der Waals surface area contributed by atoms with Gasteiger partial charge in [0.25, 0.3) is 5.91 Å². The second-order valence-corrected chi connectivity index (χ2v) is 7.86. The van der Waals surface area contributed by atoms with E-state index in [1.165, 1.54) is 6.08 Å². The van der Waals surface area contributed by atoms with E-state index in [2.05, 4.69) is 5.48 Å². The van der Waals surface area contributed by atoms with Crippen LogP contribution in [0.5, 0.6) is 11.5 Å². The Hall–Kier alpha value is -3.23. The molecule has 8 nitrogen and oxygen atoms in total. The normalized spacial score (nSPS) is 19.6. The third-order valence-electron chi connectivity index (χ3n) is 5.04. The lowest BCUT2D eigenvalue weighted by atomic mass is 10.0. The van der Waals surface area contributed by atoms with Gasteiger partial charge >= 0.3 is 5.97 Å². The van der Waals surface area contributed by atoms with Gasteiger partial charge in [-0.3, -0.25) is 15.1 Å². The number of esters is 1. The number of fused-ring (bicyclic) bond motifs is 1. The van der Waals surface area contributed by atoms with Gasteiger partial charge in [-0.15, -0.1) is 0 Å². The summed E-state index contributed by atoms with van der Waals surface area (Å²) in [6, 6.07) is 0.991. The van der Waals surface area contributed by atoms with E-state index >= 15 is 0 Å². The zero-order valence-electron chi connectivity index (χ0n) is 18.1. The summed E-state index contributed by atoms with van der Waals surface area (Å²) in [6.45, 7) is 1.12. The quantitative estimate of drug-likeness (QED) is 0.345. The van der Waals surface area contributed by atoms with Crippen LogP contribution in [0.1, 0.15) is 41.6 Å². The second-order valence-electron chi connectivity index (χ2n) is 7.48. The van der Waals surface area contributed by atoms with Crippen molar-refractivity contribution in [1.29, 1.82) is 0 Å². The summed E-state index contributed by atoms with van der Waals surface area (Å²) >= 11 is 6.27. The number of carbonyl (C=O) groups is 2. The second kappa shape index (κ2) is 12.1. The topological polar surface area (TPSA) is 108 Å². The minimum absolute atomic E-state index is 0.0648. The number of hydrogen-bond acceptors (Lipinski definition) is 7. The number of ether oxygens (including phenoxy) is 1. The molecule has 0 atom stereocenters. The van der Waals surface area contributed by atoms with Crippen LogP contribution < -0.4 is 5.48 Å². The maximum absolute atomic E-state index is 12.6. The van der Waals surface area contributed by atoms with Crippen LogP contribution in [0.2, 0.25) is 5.02 Å². The van der Waals surface area contributed by atoms with Gasteiger partial charge in [0.1, 0.15) is 17.1 Å². The first kappa shape index (κ1) is 24.4.